The lowest BCUT2D eigenvalue weighted by atomic mass is 10.1. The van der Waals surface area contributed by atoms with Gasteiger partial charge in [0.05, 0.1) is 0 Å². The van der Waals surface area contributed by atoms with Crippen LogP contribution in [-0.4, -0.2) is 36.5 Å². The molecule has 0 saturated carbocycles. The molecule has 0 bridgehead atoms. The summed E-state index contributed by atoms with van der Waals surface area (Å²) in [5.41, 5.74) is 0. The van der Waals surface area contributed by atoms with Crippen molar-refractivity contribution >= 4 is 17.2 Å². The number of thiophene rings is 1. The summed E-state index contributed by atoms with van der Waals surface area (Å²) in [5.74, 6) is 0.213. The maximum Gasteiger partial charge on any atom is 0.220 e. The minimum Gasteiger partial charge on any atom is -0.355 e. The third-order valence-electron chi connectivity index (χ3n) is 4.27. The molecule has 2 rings (SSSR count). The van der Waals surface area contributed by atoms with E-state index in [1.807, 2.05) is 0 Å². The van der Waals surface area contributed by atoms with E-state index in [0.29, 0.717) is 12.5 Å². The molecular weight excluding hydrogens is 280 g/mol. The van der Waals surface area contributed by atoms with Crippen molar-refractivity contribution in [1.82, 2.24) is 10.2 Å². The van der Waals surface area contributed by atoms with Crippen LogP contribution in [0, 0.1) is 0 Å². The summed E-state index contributed by atoms with van der Waals surface area (Å²) in [6.07, 6.45) is 7.84. The molecule has 1 amide bonds. The summed E-state index contributed by atoms with van der Waals surface area (Å²) in [7, 11) is 0. The highest BCUT2D eigenvalue weighted by Crippen LogP contribution is 2.13. The van der Waals surface area contributed by atoms with E-state index in [-0.39, 0.29) is 5.91 Å². The monoisotopic (exact) mass is 308 g/mol. The average molecular weight is 308 g/mol. The predicted octanol–water partition coefficient (Wildman–Crippen LogP) is 3.45. The summed E-state index contributed by atoms with van der Waals surface area (Å²) in [5, 5.41) is 5.21. The zero-order chi connectivity index (χ0) is 14.9. The third-order valence-corrected chi connectivity index (χ3v) is 5.20. The number of hydrogen-bond donors (Lipinski definition) is 1. The van der Waals surface area contributed by atoms with E-state index >= 15 is 0 Å². The van der Waals surface area contributed by atoms with Gasteiger partial charge in [-0.2, -0.15) is 0 Å². The minimum atomic E-state index is 0.213. The SMILES string of the molecule is CC(CNC(=O)CCCCc1cccs1)N1CCCCC1. The summed E-state index contributed by atoms with van der Waals surface area (Å²) < 4.78 is 0. The Morgan fingerprint density at radius 2 is 2.14 bits per heavy atom. The van der Waals surface area contributed by atoms with Crippen LogP contribution in [0.5, 0.6) is 0 Å². The van der Waals surface area contributed by atoms with Crippen LogP contribution in [0.1, 0.15) is 50.3 Å². The van der Waals surface area contributed by atoms with Gasteiger partial charge in [0.2, 0.25) is 5.91 Å². The van der Waals surface area contributed by atoms with Crippen LogP contribution in [0.4, 0.5) is 0 Å². The van der Waals surface area contributed by atoms with E-state index in [9.17, 15) is 4.79 Å². The first-order valence-electron chi connectivity index (χ1n) is 8.29. The van der Waals surface area contributed by atoms with E-state index in [0.717, 1.165) is 25.8 Å². The first kappa shape index (κ1) is 16.5. The number of rotatable bonds is 8. The fourth-order valence-corrected chi connectivity index (χ4v) is 3.63. The fraction of sp³-hybridized carbons (Fsp3) is 0.706. The molecule has 0 radical (unpaired) electrons. The Labute approximate surface area is 132 Å². The van der Waals surface area contributed by atoms with Gasteiger partial charge < -0.3 is 5.32 Å². The molecule has 1 saturated heterocycles. The fourth-order valence-electron chi connectivity index (χ4n) is 2.88. The smallest absolute Gasteiger partial charge is 0.220 e. The maximum absolute atomic E-state index is 11.9. The molecule has 1 aliphatic heterocycles. The van der Waals surface area contributed by atoms with Crippen LogP contribution in [0.3, 0.4) is 0 Å². The van der Waals surface area contributed by atoms with Crippen LogP contribution < -0.4 is 5.32 Å². The lowest BCUT2D eigenvalue weighted by molar-refractivity contribution is -0.121. The predicted molar refractivity (Wildman–Crippen MR) is 89.8 cm³/mol. The van der Waals surface area contributed by atoms with Crippen molar-refractivity contribution in [3.63, 3.8) is 0 Å². The zero-order valence-electron chi connectivity index (χ0n) is 13.1. The highest BCUT2D eigenvalue weighted by Gasteiger charge is 2.16. The van der Waals surface area contributed by atoms with Gasteiger partial charge in [0.15, 0.2) is 0 Å². The van der Waals surface area contributed by atoms with Gasteiger partial charge in [-0.15, -0.1) is 11.3 Å². The molecule has 0 spiro atoms. The molecule has 1 fully saturated rings. The molecule has 21 heavy (non-hydrogen) atoms. The number of nitrogens with zero attached hydrogens (tertiary/aromatic N) is 1. The molecule has 2 heterocycles. The van der Waals surface area contributed by atoms with Crippen LogP contribution in [0.2, 0.25) is 0 Å². The molecule has 1 aromatic rings. The number of aryl methyl sites for hydroxylation is 1. The number of nitrogens with one attached hydrogen (secondary N) is 1. The average Bonchev–Trinajstić information content (AvgIpc) is 3.03. The van der Waals surface area contributed by atoms with Gasteiger partial charge >= 0.3 is 0 Å². The number of likely N-dealkylation sites (tertiary alicyclic amines) is 1. The second kappa shape index (κ2) is 9.21. The van der Waals surface area contributed by atoms with Gasteiger partial charge in [0, 0.05) is 23.9 Å². The number of hydrogen-bond acceptors (Lipinski definition) is 3. The second-order valence-corrected chi connectivity index (χ2v) is 7.07. The Bertz CT molecular complexity index is 399. The van der Waals surface area contributed by atoms with Gasteiger partial charge in [-0.1, -0.05) is 12.5 Å². The first-order chi connectivity index (χ1) is 10.3. The molecule has 1 aliphatic rings. The van der Waals surface area contributed by atoms with Crippen LogP contribution in [0.15, 0.2) is 17.5 Å². The number of piperidine rings is 1. The van der Waals surface area contributed by atoms with E-state index in [4.69, 9.17) is 0 Å². The summed E-state index contributed by atoms with van der Waals surface area (Å²) >= 11 is 1.81. The molecule has 3 nitrogen and oxygen atoms in total. The molecular formula is C17H28N2OS. The third kappa shape index (κ3) is 6.18. The number of unbranched alkanes of at least 4 members (excludes halogenated alkanes) is 1. The Morgan fingerprint density at radius 1 is 1.33 bits per heavy atom. The topological polar surface area (TPSA) is 32.3 Å². The van der Waals surface area contributed by atoms with Crippen molar-refractivity contribution in [3.8, 4) is 0 Å². The van der Waals surface area contributed by atoms with Gasteiger partial charge in [0.1, 0.15) is 0 Å². The quantitative estimate of drug-likeness (QED) is 0.746. The second-order valence-electron chi connectivity index (χ2n) is 6.04. The highest BCUT2D eigenvalue weighted by molar-refractivity contribution is 7.09. The van der Waals surface area contributed by atoms with Gasteiger partial charge in [-0.3, -0.25) is 9.69 Å². The lowest BCUT2D eigenvalue weighted by Crippen LogP contribution is -2.44. The standard InChI is InChI=1S/C17H28N2OS/c1-15(19-11-5-2-6-12-19)14-18-17(20)10-4-3-8-16-9-7-13-21-16/h7,9,13,15H,2-6,8,10-12,14H2,1H3,(H,18,20). The number of amides is 1. The highest BCUT2D eigenvalue weighted by atomic mass is 32.1. The van der Waals surface area contributed by atoms with E-state index in [2.05, 4.69) is 34.7 Å². The van der Waals surface area contributed by atoms with Crippen LogP contribution >= 0.6 is 11.3 Å². The van der Waals surface area contributed by atoms with Crippen molar-refractivity contribution in [2.24, 2.45) is 0 Å². The molecule has 1 N–H and O–H groups in total. The van der Waals surface area contributed by atoms with Crippen LogP contribution in [0.25, 0.3) is 0 Å². The maximum atomic E-state index is 11.9. The summed E-state index contributed by atoms with van der Waals surface area (Å²) in [6.45, 7) is 5.40. The largest absolute Gasteiger partial charge is 0.355 e. The molecule has 1 atom stereocenters. The Morgan fingerprint density at radius 3 is 2.86 bits per heavy atom. The summed E-state index contributed by atoms with van der Waals surface area (Å²) in [4.78, 5) is 15.8. The van der Waals surface area contributed by atoms with E-state index in [1.165, 1.54) is 37.2 Å². The molecule has 0 aliphatic carbocycles. The zero-order valence-corrected chi connectivity index (χ0v) is 14.0. The molecule has 1 aromatic heterocycles. The van der Waals surface area contributed by atoms with Crippen molar-refractivity contribution in [3.05, 3.63) is 22.4 Å². The first-order valence-corrected chi connectivity index (χ1v) is 9.17. The minimum absolute atomic E-state index is 0.213. The molecule has 0 aromatic carbocycles. The van der Waals surface area contributed by atoms with Gasteiger partial charge in [0.25, 0.3) is 0 Å². The normalized spacial score (nSPS) is 17.6. The molecule has 118 valence electrons. The number of carbonyl (C=O) groups excluding carboxylic acids is 1. The van der Waals surface area contributed by atoms with Gasteiger partial charge in [-0.25, -0.2) is 0 Å². The van der Waals surface area contributed by atoms with Crippen LogP contribution in [-0.2, 0) is 11.2 Å². The van der Waals surface area contributed by atoms with Gasteiger partial charge in [-0.05, 0) is 63.6 Å². The van der Waals surface area contributed by atoms with Crippen molar-refractivity contribution in [2.45, 2.75) is 57.9 Å². The molecule has 4 heteroatoms. The Hall–Kier alpha value is -0.870. The number of carbonyl (C=O) groups is 1. The Balaban J connectivity index is 1.52. The van der Waals surface area contributed by atoms with Crippen molar-refractivity contribution < 1.29 is 4.79 Å². The van der Waals surface area contributed by atoms with E-state index in [1.54, 1.807) is 11.3 Å². The molecule has 1 unspecified atom stereocenters. The van der Waals surface area contributed by atoms with E-state index < -0.39 is 0 Å². The Kier molecular flexibility index (Phi) is 7.24. The van der Waals surface area contributed by atoms with Crippen molar-refractivity contribution in [1.29, 1.82) is 0 Å². The van der Waals surface area contributed by atoms with Crippen molar-refractivity contribution in [2.75, 3.05) is 19.6 Å². The lowest BCUT2D eigenvalue weighted by Gasteiger charge is -2.32. The summed E-state index contributed by atoms with van der Waals surface area (Å²) in [6, 6.07) is 4.74.